The van der Waals surface area contributed by atoms with E-state index in [1.807, 2.05) is 35.2 Å². The van der Waals surface area contributed by atoms with Crippen molar-refractivity contribution in [3.8, 4) is 0 Å². The minimum atomic E-state index is 0.0106. The molecule has 1 heterocycles. The minimum Gasteiger partial charge on any atom is -0.381 e. The van der Waals surface area contributed by atoms with Crippen LogP contribution in [-0.4, -0.2) is 49.6 Å². The van der Waals surface area contributed by atoms with Crippen LogP contribution in [0.4, 0.5) is 0 Å². The van der Waals surface area contributed by atoms with Crippen molar-refractivity contribution in [2.45, 2.75) is 33.1 Å². The smallest absolute Gasteiger partial charge is 0.253 e. The molecule has 1 aliphatic rings. The van der Waals surface area contributed by atoms with Gasteiger partial charge in [-0.15, -0.1) is 0 Å². The summed E-state index contributed by atoms with van der Waals surface area (Å²) in [6, 6.07) is 9.32. The van der Waals surface area contributed by atoms with Crippen molar-refractivity contribution in [1.82, 2.24) is 10.2 Å². The Bertz CT molecular complexity index is 537. The maximum Gasteiger partial charge on any atom is 0.253 e. The van der Waals surface area contributed by atoms with Crippen LogP contribution < -0.4 is 5.32 Å². The molecule has 2 amide bonds. The van der Waals surface area contributed by atoms with Gasteiger partial charge in [-0.1, -0.05) is 32.0 Å². The van der Waals surface area contributed by atoms with Gasteiger partial charge in [0.1, 0.15) is 0 Å². The third kappa shape index (κ3) is 6.50. The van der Waals surface area contributed by atoms with E-state index in [-0.39, 0.29) is 17.7 Å². The van der Waals surface area contributed by atoms with E-state index in [2.05, 4.69) is 19.2 Å². The number of likely N-dealkylation sites (tertiary alicyclic amines) is 1. The van der Waals surface area contributed by atoms with E-state index < -0.39 is 0 Å². The molecule has 0 saturated carbocycles. The third-order valence-electron chi connectivity index (χ3n) is 4.39. The fraction of sp³-hybridized carbons (Fsp3) is 0.600. The average Bonchev–Trinajstić information content (AvgIpc) is 2.64. The number of ether oxygens (including phenoxy) is 1. The summed E-state index contributed by atoms with van der Waals surface area (Å²) < 4.78 is 5.51. The molecule has 5 heteroatoms. The van der Waals surface area contributed by atoms with Gasteiger partial charge in [0.05, 0.1) is 0 Å². The predicted molar refractivity (Wildman–Crippen MR) is 98.4 cm³/mol. The molecule has 1 fully saturated rings. The van der Waals surface area contributed by atoms with Gasteiger partial charge >= 0.3 is 0 Å². The lowest BCUT2D eigenvalue weighted by Crippen LogP contribution is -2.43. The number of nitrogens with one attached hydrogen (secondary N) is 1. The first-order valence-electron chi connectivity index (χ1n) is 9.27. The van der Waals surface area contributed by atoms with Crippen LogP contribution in [0.15, 0.2) is 30.3 Å². The summed E-state index contributed by atoms with van der Waals surface area (Å²) in [5.74, 6) is 0.715. The number of carbonyl (C=O) groups excluding carboxylic acids is 2. The Balaban J connectivity index is 1.64. The molecular weight excluding hydrogens is 316 g/mol. The van der Waals surface area contributed by atoms with E-state index in [1.54, 1.807) is 0 Å². The molecule has 1 aliphatic heterocycles. The van der Waals surface area contributed by atoms with Crippen LogP contribution in [0.3, 0.4) is 0 Å². The average molecular weight is 346 g/mol. The second-order valence-corrected chi connectivity index (χ2v) is 7.05. The van der Waals surface area contributed by atoms with Crippen LogP contribution in [0.1, 0.15) is 43.5 Å². The summed E-state index contributed by atoms with van der Waals surface area (Å²) >= 11 is 0. The Hall–Kier alpha value is -1.88. The molecule has 0 spiro atoms. The second kappa shape index (κ2) is 10.2. The lowest BCUT2D eigenvalue weighted by Gasteiger charge is -2.31. The number of benzene rings is 1. The maximum atomic E-state index is 12.4. The fourth-order valence-corrected chi connectivity index (χ4v) is 2.96. The van der Waals surface area contributed by atoms with Crippen LogP contribution in [0, 0.1) is 11.8 Å². The van der Waals surface area contributed by atoms with Crippen molar-refractivity contribution in [2.24, 2.45) is 11.8 Å². The lowest BCUT2D eigenvalue weighted by molar-refractivity contribution is -0.126. The summed E-state index contributed by atoms with van der Waals surface area (Å²) in [7, 11) is 0. The molecule has 1 aromatic rings. The molecule has 0 aliphatic carbocycles. The Morgan fingerprint density at radius 1 is 1.20 bits per heavy atom. The zero-order valence-corrected chi connectivity index (χ0v) is 15.4. The topological polar surface area (TPSA) is 58.6 Å². The number of amides is 2. The molecule has 5 nitrogen and oxygen atoms in total. The summed E-state index contributed by atoms with van der Waals surface area (Å²) in [6.45, 7) is 7.63. The van der Waals surface area contributed by atoms with E-state index in [0.717, 1.165) is 25.9 Å². The Kier molecular flexibility index (Phi) is 7.92. The molecule has 0 bridgehead atoms. The first-order chi connectivity index (χ1) is 12.1. The third-order valence-corrected chi connectivity index (χ3v) is 4.39. The van der Waals surface area contributed by atoms with Crippen molar-refractivity contribution in [2.75, 3.05) is 32.8 Å². The summed E-state index contributed by atoms with van der Waals surface area (Å²) in [5, 5.41) is 2.99. The normalized spacial score (nSPS) is 15.4. The molecule has 1 N–H and O–H groups in total. The van der Waals surface area contributed by atoms with Crippen molar-refractivity contribution in [1.29, 1.82) is 0 Å². The highest BCUT2D eigenvalue weighted by Gasteiger charge is 2.27. The predicted octanol–water partition coefficient (Wildman–Crippen LogP) is 2.72. The quantitative estimate of drug-likeness (QED) is 0.736. The van der Waals surface area contributed by atoms with E-state index in [1.165, 1.54) is 0 Å². The van der Waals surface area contributed by atoms with Gasteiger partial charge in [0.2, 0.25) is 5.91 Å². The molecule has 2 rings (SSSR count). The lowest BCUT2D eigenvalue weighted by atomic mass is 9.95. The molecule has 138 valence electrons. The SMILES string of the molecule is CC(C)COCCCNC(=O)C1CCN(C(=O)c2ccccc2)CC1. The van der Waals surface area contributed by atoms with Gasteiger partial charge in [0.25, 0.3) is 5.91 Å². The number of carbonyl (C=O) groups is 2. The van der Waals surface area contributed by atoms with Gasteiger partial charge in [-0.25, -0.2) is 0 Å². The maximum absolute atomic E-state index is 12.4. The van der Waals surface area contributed by atoms with E-state index >= 15 is 0 Å². The molecule has 0 aromatic heterocycles. The van der Waals surface area contributed by atoms with Gasteiger partial charge in [0, 0.05) is 44.3 Å². The number of nitrogens with zero attached hydrogens (tertiary/aromatic N) is 1. The number of piperidine rings is 1. The number of hydrogen-bond acceptors (Lipinski definition) is 3. The van der Waals surface area contributed by atoms with Crippen LogP contribution in [0.5, 0.6) is 0 Å². The van der Waals surface area contributed by atoms with Gasteiger partial charge in [0.15, 0.2) is 0 Å². The van der Waals surface area contributed by atoms with Gasteiger partial charge in [-0.05, 0) is 37.3 Å². The van der Waals surface area contributed by atoms with Crippen LogP contribution >= 0.6 is 0 Å². The molecule has 0 atom stereocenters. The van der Waals surface area contributed by atoms with Crippen molar-refractivity contribution in [3.63, 3.8) is 0 Å². The van der Waals surface area contributed by atoms with Gasteiger partial charge < -0.3 is 15.0 Å². The molecule has 1 aromatic carbocycles. The van der Waals surface area contributed by atoms with E-state index in [0.29, 0.717) is 37.7 Å². The Morgan fingerprint density at radius 2 is 1.88 bits per heavy atom. The van der Waals surface area contributed by atoms with Crippen LogP contribution in [0.2, 0.25) is 0 Å². The summed E-state index contributed by atoms with van der Waals surface area (Å²) in [4.78, 5) is 26.5. The first kappa shape index (κ1) is 19.4. The highest BCUT2D eigenvalue weighted by molar-refractivity contribution is 5.94. The van der Waals surface area contributed by atoms with Gasteiger partial charge in [-0.3, -0.25) is 9.59 Å². The molecule has 25 heavy (non-hydrogen) atoms. The molecule has 0 radical (unpaired) electrons. The zero-order valence-electron chi connectivity index (χ0n) is 15.4. The summed E-state index contributed by atoms with van der Waals surface area (Å²) in [5.41, 5.74) is 0.715. The van der Waals surface area contributed by atoms with Crippen molar-refractivity contribution < 1.29 is 14.3 Å². The number of rotatable bonds is 8. The molecule has 0 unspecified atom stereocenters. The van der Waals surface area contributed by atoms with Crippen molar-refractivity contribution >= 4 is 11.8 Å². The first-order valence-corrected chi connectivity index (χ1v) is 9.27. The van der Waals surface area contributed by atoms with Gasteiger partial charge in [-0.2, -0.15) is 0 Å². The fourth-order valence-electron chi connectivity index (χ4n) is 2.96. The van der Waals surface area contributed by atoms with Crippen LogP contribution in [-0.2, 0) is 9.53 Å². The van der Waals surface area contributed by atoms with E-state index in [9.17, 15) is 9.59 Å². The highest BCUT2D eigenvalue weighted by atomic mass is 16.5. The molecule has 1 saturated heterocycles. The summed E-state index contributed by atoms with van der Waals surface area (Å²) in [6.07, 6.45) is 2.30. The monoisotopic (exact) mass is 346 g/mol. The van der Waals surface area contributed by atoms with Crippen LogP contribution in [0.25, 0.3) is 0 Å². The largest absolute Gasteiger partial charge is 0.381 e. The highest BCUT2D eigenvalue weighted by Crippen LogP contribution is 2.19. The minimum absolute atomic E-state index is 0.0106. The molecular formula is C20H30N2O3. The number of hydrogen-bond donors (Lipinski definition) is 1. The standard InChI is InChI=1S/C20H30N2O3/c1-16(2)15-25-14-6-11-21-19(23)17-9-12-22(13-10-17)20(24)18-7-4-3-5-8-18/h3-5,7-8,16-17H,6,9-15H2,1-2H3,(H,21,23). The van der Waals surface area contributed by atoms with Crippen molar-refractivity contribution in [3.05, 3.63) is 35.9 Å². The Labute approximate surface area is 150 Å². The zero-order chi connectivity index (χ0) is 18.1. The van der Waals surface area contributed by atoms with E-state index in [4.69, 9.17) is 4.74 Å². The second-order valence-electron chi connectivity index (χ2n) is 7.05. The Morgan fingerprint density at radius 3 is 2.52 bits per heavy atom.